The normalized spacial score (nSPS) is 46.2. The van der Waals surface area contributed by atoms with Crippen LogP contribution in [0.5, 0.6) is 0 Å². The van der Waals surface area contributed by atoms with Gasteiger partial charge >= 0.3 is 0 Å². The summed E-state index contributed by atoms with van der Waals surface area (Å²) in [6.45, 7) is 0. The van der Waals surface area contributed by atoms with Crippen molar-refractivity contribution in [3.05, 3.63) is 0 Å². The van der Waals surface area contributed by atoms with Crippen molar-refractivity contribution in [2.75, 3.05) is 18.6 Å². The van der Waals surface area contributed by atoms with Gasteiger partial charge in [0.05, 0.1) is 0 Å². The summed E-state index contributed by atoms with van der Waals surface area (Å²) in [5.41, 5.74) is 0. The lowest BCUT2D eigenvalue weighted by molar-refractivity contribution is 0.414. The van der Waals surface area contributed by atoms with Crippen LogP contribution in [-0.2, 0) is 14.4 Å². The second-order valence-electron chi connectivity index (χ2n) is 3.34. The predicted octanol–water partition coefficient (Wildman–Crippen LogP) is -0.470. The minimum atomic E-state index is -2.58. The zero-order chi connectivity index (χ0) is 8.93. The Morgan fingerprint density at radius 3 is 3.00 bits per heavy atom. The molecule has 4 nitrogen and oxygen atoms in total. The van der Waals surface area contributed by atoms with E-state index in [0.717, 1.165) is 0 Å². The zero-order valence-electron chi connectivity index (χ0n) is 6.69. The van der Waals surface area contributed by atoms with Crippen molar-refractivity contribution in [2.24, 2.45) is 0 Å². The Morgan fingerprint density at radius 1 is 1.75 bits per heavy atom. The van der Waals surface area contributed by atoms with Crippen LogP contribution in [0.4, 0.5) is 0 Å². The maximum atomic E-state index is 11.3. The smallest absolute Gasteiger partial charge is 0.218 e. The summed E-state index contributed by atoms with van der Waals surface area (Å²) in [6.07, 6.45) is 0. The third kappa shape index (κ3) is 1.14. The van der Waals surface area contributed by atoms with E-state index in [2.05, 4.69) is 5.32 Å². The van der Waals surface area contributed by atoms with Crippen LogP contribution in [0.15, 0.2) is 0 Å². The Kier molecular flexibility index (Phi) is 1.68. The molecule has 0 aromatic rings. The van der Waals surface area contributed by atoms with Crippen molar-refractivity contribution in [3.63, 3.8) is 0 Å². The first-order valence-electron chi connectivity index (χ1n) is 3.75. The molecule has 12 heavy (non-hydrogen) atoms. The van der Waals surface area contributed by atoms with E-state index in [1.165, 1.54) is 0 Å². The third-order valence-electron chi connectivity index (χ3n) is 2.46. The maximum Gasteiger partial charge on any atom is 0.218 e. The Bertz CT molecular complexity index is 281. The van der Waals surface area contributed by atoms with Gasteiger partial charge in [-0.3, -0.25) is 0 Å². The lowest BCUT2D eigenvalue weighted by Crippen LogP contribution is -2.33. The third-order valence-corrected chi connectivity index (χ3v) is 4.61. The molecule has 0 amide bonds. The van der Waals surface area contributed by atoms with Crippen molar-refractivity contribution in [1.29, 1.82) is 0 Å². The van der Waals surface area contributed by atoms with Crippen LogP contribution in [0.1, 0.15) is 0 Å². The van der Waals surface area contributed by atoms with Gasteiger partial charge < -0.3 is 10.2 Å². The van der Waals surface area contributed by atoms with Gasteiger partial charge in [0.1, 0.15) is 12.1 Å². The topological polar surface area (TPSA) is 52.6 Å². The van der Waals surface area contributed by atoms with Crippen molar-refractivity contribution in [1.82, 2.24) is 10.2 Å². The second kappa shape index (κ2) is 2.40. The molecule has 3 atom stereocenters. The molecule has 2 fully saturated rings. The second-order valence-corrected chi connectivity index (χ2v) is 5.94. The summed E-state index contributed by atoms with van der Waals surface area (Å²) in [4.78, 5) is 1.88. The average molecular weight is 207 g/mol. The number of nitrogens with one attached hydrogen (secondary N) is 1. The van der Waals surface area contributed by atoms with Gasteiger partial charge in [-0.25, -0.2) is 0 Å². The number of thiocarbonyl (C=S) groups is 1. The molecule has 2 rings (SSSR count). The predicted molar refractivity (Wildman–Crippen MR) is 51.5 cm³/mol. The summed E-state index contributed by atoms with van der Waals surface area (Å²) in [7, 11) is -0.714. The largest absolute Gasteiger partial charge is 0.353 e. The summed E-state index contributed by atoms with van der Waals surface area (Å²) >= 11 is 5.01. The standard InChI is InChI=1S/C6H10N2O2S2/c1-8-5-3-12(9,10)2-4(5)7-6(8)11/h4-5H,2-3H2,1H3,(H-,7,9,10,11)/p+1/t4-,5-/m1/s1. The highest BCUT2D eigenvalue weighted by Crippen LogP contribution is 2.25. The number of likely N-dealkylation sites (N-methyl/N-ethyl adjacent to an activating group) is 1. The molecule has 0 bridgehead atoms. The van der Waals surface area contributed by atoms with Crippen molar-refractivity contribution in [2.45, 2.75) is 12.1 Å². The summed E-state index contributed by atoms with van der Waals surface area (Å²) < 4.78 is 20.6. The highest BCUT2D eigenvalue weighted by atomic mass is 32.3. The summed E-state index contributed by atoms with van der Waals surface area (Å²) in [5.74, 6) is 0.684. The Labute approximate surface area is 77.6 Å². The lowest BCUT2D eigenvalue weighted by Gasteiger charge is -2.14. The van der Waals surface area contributed by atoms with Gasteiger partial charge in [0, 0.05) is 7.05 Å². The van der Waals surface area contributed by atoms with Crippen LogP contribution in [0.3, 0.4) is 0 Å². The van der Waals surface area contributed by atoms with Crippen molar-refractivity contribution in [3.8, 4) is 0 Å². The number of rotatable bonds is 0. The molecule has 2 N–H and O–H groups in total. The molecule has 0 spiro atoms. The SMILES string of the molecule is CN1C(=S)N[C@@H]2C[S+](=O)(O)C[C@H]21. The van der Waals surface area contributed by atoms with E-state index in [0.29, 0.717) is 16.6 Å². The molecule has 0 aliphatic carbocycles. The van der Waals surface area contributed by atoms with E-state index >= 15 is 0 Å². The first-order valence-corrected chi connectivity index (χ1v) is 6.01. The number of hydrogen-bond donors (Lipinski definition) is 2. The Morgan fingerprint density at radius 2 is 2.42 bits per heavy atom. The quantitative estimate of drug-likeness (QED) is 0.415. The Hall–Kier alpha value is -0.200. The van der Waals surface area contributed by atoms with Gasteiger partial charge in [-0.1, -0.05) is 4.21 Å². The number of fused-ring (bicyclic) bond motifs is 1. The molecule has 0 aromatic carbocycles. The molecule has 1 unspecified atom stereocenters. The van der Waals surface area contributed by atoms with Gasteiger partial charge in [0.25, 0.3) is 0 Å². The first-order chi connectivity index (χ1) is 5.49. The van der Waals surface area contributed by atoms with Crippen LogP contribution in [0, 0.1) is 0 Å². The molecular formula is C6H11N2O2S2+. The van der Waals surface area contributed by atoms with Gasteiger partial charge in [0.2, 0.25) is 10.2 Å². The summed E-state index contributed by atoms with van der Waals surface area (Å²) in [5, 5.41) is 3.73. The van der Waals surface area contributed by atoms with E-state index < -0.39 is 10.2 Å². The number of hydrogen-bond acceptors (Lipinski definition) is 2. The highest BCUT2D eigenvalue weighted by Gasteiger charge is 2.52. The van der Waals surface area contributed by atoms with Crippen LogP contribution >= 0.6 is 12.2 Å². The zero-order valence-corrected chi connectivity index (χ0v) is 8.32. The van der Waals surface area contributed by atoms with E-state index in [1.807, 2.05) is 11.9 Å². The van der Waals surface area contributed by atoms with E-state index in [4.69, 9.17) is 12.2 Å². The molecule has 2 heterocycles. The summed E-state index contributed by atoms with van der Waals surface area (Å²) in [6, 6.07) is 0.204. The van der Waals surface area contributed by atoms with E-state index in [1.54, 1.807) is 0 Å². The van der Waals surface area contributed by atoms with Gasteiger partial charge in [-0.15, -0.1) is 0 Å². The minimum absolute atomic E-state index is 0.0833. The molecule has 6 heteroatoms. The van der Waals surface area contributed by atoms with Crippen LogP contribution < -0.4 is 5.32 Å². The van der Waals surface area contributed by atoms with Gasteiger partial charge in [-0.2, -0.15) is 4.55 Å². The highest BCUT2D eigenvalue weighted by molar-refractivity contribution is 7.98. The number of nitrogens with zero attached hydrogens (tertiary/aromatic N) is 1. The minimum Gasteiger partial charge on any atom is -0.353 e. The van der Waals surface area contributed by atoms with Crippen LogP contribution in [0.25, 0.3) is 0 Å². The van der Waals surface area contributed by atoms with Gasteiger partial charge in [-0.05, 0) is 12.2 Å². The fraction of sp³-hybridized carbons (Fsp3) is 0.833. The lowest BCUT2D eigenvalue weighted by atomic mass is 10.2. The Balaban J connectivity index is 2.21. The fourth-order valence-electron chi connectivity index (χ4n) is 1.77. The van der Waals surface area contributed by atoms with Crippen LogP contribution in [-0.4, -0.2) is 45.2 Å². The molecule has 0 radical (unpaired) electrons. The fourth-order valence-corrected chi connectivity index (χ4v) is 4.05. The molecule has 0 saturated carbocycles. The average Bonchev–Trinajstić information content (AvgIpc) is 2.33. The molecule has 2 saturated heterocycles. The van der Waals surface area contributed by atoms with E-state index in [9.17, 15) is 8.76 Å². The monoisotopic (exact) mass is 207 g/mol. The van der Waals surface area contributed by atoms with E-state index in [-0.39, 0.29) is 12.1 Å². The van der Waals surface area contributed by atoms with Gasteiger partial charge in [0.15, 0.2) is 16.6 Å². The molecule has 2 aliphatic heterocycles. The molecule has 0 aromatic heterocycles. The maximum absolute atomic E-state index is 11.3. The first kappa shape index (κ1) is 8.40. The van der Waals surface area contributed by atoms with Crippen molar-refractivity contribution >= 4 is 27.5 Å². The molecular weight excluding hydrogens is 196 g/mol. The van der Waals surface area contributed by atoms with Crippen molar-refractivity contribution < 1.29 is 8.76 Å². The molecule has 68 valence electrons. The molecule has 2 aliphatic rings. The van der Waals surface area contributed by atoms with Crippen LogP contribution in [0.2, 0.25) is 0 Å².